The van der Waals surface area contributed by atoms with Crippen LogP contribution in [-0.2, 0) is 6.54 Å². The highest BCUT2D eigenvalue weighted by molar-refractivity contribution is 7.09. The van der Waals surface area contributed by atoms with Gasteiger partial charge in [-0.2, -0.15) is 0 Å². The Kier molecular flexibility index (Phi) is 3.24. The molecule has 0 amide bonds. The van der Waals surface area contributed by atoms with E-state index in [1.165, 1.54) is 6.07 Å². The normalized spacial score (nSPS) is 10.1. The van der Waals surface area contributed by atoms with Crippen molar-refractivity contribution < 1.29 is 9.90 Å². The van der Waals surface area contributed by atoms with Gasteiger partial charge in [-0.1, -0.05) is 0 Å². The lowest BCUT2D eigenvalue weighted by Crippen LogP contribution is -2.04. The Morgan fingerprint density at radius 1 is 1.53 bits per heavy atom. The van der Waals surface area contributed by atoms with Crippen molar-refractivity contribution in [3.63, 3.8) is 0 Å². The number of rotatable bonds is 4. The summed E-state index contributed by atoms with van der Waals surface area (Å²) in [6.45, 7) is 0.619. The number of anilines is 2. The number of carbonyl (C=O) groups is 1. The number of carboxylic acids is 1. The molecule has 0 bridgehead atoms. The average molecular weight is 249 g/mol. The fourth-order valence-corrected chi connectivity index (χ4v) is 1.90. The lowest BCUT2D eigenvalue weighted by molar-refractivity contribution is 0.0698. The van der Waals surface area contributed by atoms with Crippen LogP contribution in [0.4, 0.5) is 11.4 Å². The minimum absolute atomic E-state index is 0.110. The second-order valence-electron chi connectivity index (χ2n) is 3.43. The number of nitrogens with two attached hydrogens (primary N) is 1. The van der Waals surface area contributed by atoms with E-state index < -0.39 is 5.97 Å². The van der Waals surface area contributed by atoms with Crippen LogP contribution < -0.4 is 11.1 Å². The number of hydrogen-bond acceptors (Lipinski definition) is 5. The Morgan fingerprint density at radius 2 is 2.35 bits per heavy atom. The van der Waals surface area contributed by atoms with E-state index in [1.54, 1.807) is 35.2 Å². The van der Waals surface area contributed by atoms with Gasteiger partial charge >= 0.3 is 5.97 Å². The van der Waals surface area contributed by atoms with Crippen molar-refractivity contribution in [2.45, 2.75) is 6.54 Å². The van der Waals surface area contributed by atoms with Crippen LogP contribution >= 0.6 is 11.3 Å². The van der Waals surface area contributed by atoms with Crippen molar-refractivity contribution in [1.82, 2.24) is 4.98 Å². The van der Waals surface area contributed by atoms with Crippen molar-refractivity contribution in [3.05, 3.63) is 40.3 Å². The van der Waals surface area contributed by atoms with Crippen molar-refractivity contribution in [2.24, 2.45) is 0 Å². The summed E-state index contributed by atoms with van der Waals surface area (Å²) in [5, 5.41) is 12.0. The summed E-state index contributed by atoms with van der Waals surface area (Å²) in [4.78, 5) is 15.9. The predicted octanol–water partition coefficient (Wildman–Crippen LogP) is 2.04. The number of hydrogen-bond donors (Lipinski definition) is 3. The van der Waals surface area contributed by atoms with E-state index in [9.17, 15) is 4.79 Å². The van der Waals surface area contributed by atoms with Crippen LogP contribution in [0, 0.1) is 0 Å². The van der Waals surface area contributed by atoms with Crippen molar-refractivity contribution in [3.8, 4) is 0 Å². The van der Waals surface area contributed by atoms with Crippen LogP contribution in [0.15, 0.2) is 29.9 Å². The topological polar surface area (TPSA) is 88.2 Å². The maximum Gasteiger partial charge on any atom is 0.337 e. The summed E-state index contributed by atoms with van der Waals surface area (Å²) in [5.41, 5.74) is 8.42. The maximum atomic E-state index is 10.9. The lowest BCUT2D eigenvalue weighted by atomic mass is 10.1. The van der Waals surface area contributed by atoms with Gasteiger partial charge in [-0.3, -0.25) is 4.98 Å². The Hall–Kier alpha value is -2.08. The first-order chi connectivity index (χ1) is 8.16. The van der Waals surface area contributed by atoms with Crippen LogP contribution in [0.3, 0.4) is 0 Å². The third-order valence-electron chi connectivity index (χ3n) is 2.23. The smallest absolute Gasteiger partial charge is 0.337 e. The molecule has 0 radical (unpaired) electrons. The standard InChI is InChI=1S/C11H11N3O2S/c12-10-2-1-7(3-9(10)11(15)16)14-5-8-4-13-6-17-8/h1-4,6,14H,5,12H2,(H,15,16). The van der Waals surface area contributed by atoms with Crippen LogP contribution in [0.1, 0.15) is 15.2 Å². The SMILES string of the molecule is Nc1ccc(NCc2cncs2)cc1C(=O)O. The van der Waals surface area contributed by atoms with Gasteiger partial charge in [0.05, 0.1) is 17.6 Å². The van der Waals surface area contributed by atoms with Crippen LogP contribution in [0.5, 0.6) is 0 Å². The molecule has 0 aliphatic carbocycles. The summed E-state index contributed by atoms with van der Waals surface area (Å²) in [7, 11) is 0. The van der Waals surface area contributed by atoms with Gasteiger partial charge in [0.2, 0.25) is 0 Å². The molecule has 0 unspecified atom stereocenters. The van der Waals surface area contributed by atoms with Crippen molar-refractivity contribution >= 4 is 28.7 Å². The molecule has 0 aliphatic rings. The first-order valence-electron chi connectivity index (χ1n) is 4.91. The molecule has 17 heavy (non-hydrogen) atoms. The highest BCUT2D eigenvalue weighted by atomic mass is 32.1. The first-order valence-corrected chi connectivity index (χ1v) is 5.79. The molecule has 0 fully saturated rings. The number of nitrogens with zero attached hydrogens (tertiary/aromatic N) is 1. The predicted molar refractivity (Wildman–Crippen MR) is 67.3 cm³/mol. The van der Waals surface area contributed by atoms with E-state index in [0.29, 0.717) is 6.54 Å². The molecule has 0 spiro atoms. The summed E-state index contributed by atoms with van der Waals surface area (Å²) in [5.74, 6) is -1.02. The van der Waals surface area contributed by atoms with E-state index in [4.69, 9.17) is 10.8 Å². The monoisotopic (exact) mass is 249 g/mol. The third-order valence-corrected chi connectivity index (χ3v) is 3.01. The highest BCUT2D eigenvalue weighted by Gasteiger charge is 2.08. The Labute approximate surface area is 102 Å². The van der Waals surface area contributed by atoms with E-state index in [0.717, 1.165) is 10.6 Å². The van der Waals surface area contributed by atoms with Gasteiger partial charge in [0, 0.05) is 22.4 Å². The number of benzene rings is 1. The lowest BCUT2D eigenvalue weighted by Gasteiger charge is -2.07. The molecular formula is C11H11N3O2S. The van der Waals surface area contributed by atoms with Gasteiger partial charge in [0.25, 0.3) is 0 Å². The van der Waals surface area contributed by atoms with Gasteiger partial charge < -0.3 is 16.2 Å². The molecule has 88 valence electrons. The van der Waals surface area contributed by atoms with E-state index in [2.05, 4.69) is 10.3 Å². The Balaban J connectivity index is 2.11. The molecule has 0 aliphatic heterocycles. The molecule has 0 saturated carbocycles. The summed E-state index contributed by atoms with van der Waals surface area (Å²) < 4.78 is 0. The largest absolute Gasteiger partial charge is 0.478 e. The van der Waals surface area contributed by atoms with E-state index in [-0.39, 0.29) is 11.3 Å². The number of nitrogen functional groups attached to an aromatic ring is 1. The van der Waals surface area contributed by atoms with Crippen LogP contribution in [-0.4, -0.2) is 16.1 Å². The minimum atomic E-state index is -1.02. The average Bonchev–Trinajstić information content (AvgIpc) is 2.80. The molecule has 1 heterocycles. The molecule has 2 aromatic rings. The van der Waals surface area contributed by atoms with Gasteiger partial charge in [0.1, 0.15) is 0 Å². The molecule has 2 rings (SSSR count). The van der Waals surface area contributed by atoms with Gasteiger partial charge in [-0.05, 0) is 18.2 Å². The maximum absolute atomic E-state index is 10.9. The number of nitrogens with one attached hydrogen (secondary N) is 1. The summed E-state index contributed by atoms with van der Waals surface area (Å²) >= 11 is 1.54. The van der Waals surface area contributed by atoms with Crippen LogP contribution in [0.2, 0.25) is 0 Å². The quantitative estimate of drug-likeness (QED) is 0.721. The van der Waals surface area contributed by atoms with Crippen molar-refractivity contribution in [1.29, 1.82) is 0 Å². The van der Waals surface area contributed by atoms with E-state index >= 15 is 0 Å². The first kappa shape index (κ1) is 11.4. The van der Waals surface area contributed by atoms with Gasteiger partial charge in [0.15, 0.2) is 0 Å². The minimum Gasteiger partial charge on any atom is -0.478 e. The Morgan fingerprint density at radius 3 is 3.00 bits per heavy atom. The number of thiazole rings is 1. The fraction of sp³-hybridized carbons (Fsp3) is 0.0909. The zero-order valence-corrected chi connectivity index (χ0v) is 9.70. The zero-order chi connectivity index (χ0) is 12.3. The van der Waals surface area contributed by atoms with E-state index in [1.807, 2.05) is 0 Å². The molecular weight excluding hydrogens is 238 g/mol. The molecule has 1 aromatic heterocycles. The Bertz CT molecular complexity index is 526. The number of aromatic nitrogens is 1. The molecule has 4 N–H and O–H groups in total. The summed E-state index contributed by atoms with van der Waals surface area (Å²) in [6.07, 6.45) is 1.77. The second-order valence-corrected chi connectivity index (χ2v) is 4.40. The van der Waals surface area contributed by atoms with Crippen LogP contribution in [0.25, 0.3) is 0 Å². The fourth-order valence-electron chi connectivity index (χ4n) is 1.37. The summed E-state index contributed by atoms with van der Waals surface area (Å²) in [6, 6.07) is 4.86. The highest BCUT2D eigenvalue weighted by Crippen LogP contribution is 2.19. The number of carboxylic acid groups (broad SMARTS) is 1. The third kappa shape index (κ3) is 2.73. The second kappa shape index (κ2) is 4.84. The molecule has 0 saturated heterocycles. The molecule has 1 aromatic carbocycles. The van der Waals surface area contributed by atoms with Crippen molar-refractivity contribution in [2.75, 3.05) is 11.1 Å². The molecule has 0 atom stereocenters. The van der Waals surface area contributed by atoms with Gasteiger partial charge in [-0.15, -0.1) is 11.3 Å². The number of aromatic carboxylic acids is 1. The molecule has 6 heteroatoms. The zero-order valence-electron chi connectivity index (χ0n) is 8.88. The van der Waals surface area contributed by atoms with Gasteiger partial charge in [-0.25, -0.2) is 4.79 Å². The molecule has 5 nitrogen and oxygen atoms in total.